The first-order valence-electron chi connectivity index (χ1n) is 11.3. The van der Waals surface area contributed by atoms with E-state index in [2.05, 4.69) is 16.0 Å². The van der Waals surface area contributed by atoms with Gasteiger partial charge in [0, 0.05) is 24.7 Å². The maximum atomic E-state index is 13.0. The predicted octanol–water partition coefficient (Wildman–Crippen LogP) is 2.97. The molecule has 7 nitrogen and oxygen atoms in total. The van der Waals surface area contributed by atoms with Crippen molar-refractivity contribution in [1.29, 1.82) is 0 Å². The van der Waals surface area contributed by atoms with Crippen LogP contribution in [0.3, 0.4) is 0 Å². The van der Waals surface area contributed by atoms with E-state index >= 15 is 0 Å². The van der Waals surface area contributed by atoms with Crippen molar-refractivity contribution in [3.63, 3.8) is 0 Å². The van der Waals surface area contributed by atoms with Gasteiger partial charge in [0.15, 0.2) is 0 Å². The van der Waals surface area contributed by atoms with E-state index in [9.17, 15) is 14.4 Å². The summed E-state index contributed by atoms with van der Waals surface area (Å²) in [6.45, 7) is 1.44. The minimum absolute atomic E-state index is 0.199. The summed E-state index contributed by atoms with van der Waals surface area (Å²) in [6.07, 6.45) is 0.574. The molecule has 2 atom stereocenters. The molecule has 0 radical (unpaired) electrons. The Balaban J connectivity index is 1.32. The van der Waals surface area contributed by atoms with Crippen molar-refractivity contribution in [3.05, 3.63) is 84.4 Å². The first-order chi connectivity index (χ1) is 16.4. The molecule has 7 heteroatoms. The van der Waals surface area contributed by atoms with Gasteiger partial charge < -0.3 is 20.9 Å². The fraction of sp³-hybridized carbons (Fsp3) is 0.222. The van der Waals surface area contributed by atoms with Crippen molar-refractivity contribution in [1.82, 2.24) is 10.6 Å². The predicted molar refractivity (Wildman–Crippen MR) is 133 cm³/mol. The number of carbonyl (C=O) groups excluding carboxylic acids is 3. The van der Waals surface area contributed by atoms with Crippen molar-refractivity contribution in [2.45, 2.75) is 25.4 Å². The van der Waals surface area contributed by atoms with Gasteiger partial charge in [-0.2, -0.15) is 0 Å². The lowest BCUT2D eigenvalue weighted by molar-refractivity contribution is -0.128. The molecule has 1 aliphatic heterocycles. The first kappa shape index (κ1) is 23.0. The lowest BCUT2D eigenvalue weighted by atomic mass is 10.0. The molecule has 174 valence electrons. The molecular weight excluding hydrogens is 428 g/mol. The molecule has 0 bridgehead atoms. The van der Waals surface area contributed by atoms with Gasteiger partial charge in [0.1, 0.15) is 12.1 Å². The number of nitrogens with zero attached hydrogens (tertiary/aromatic N) is 1. The highest BCUT2D eigenvalue weighted by Crippen LogP contribution is 2.30. The summed E-state index contributed by atoms with van der Waals surface area (Å²) in [6, 6.07) is 24.0. The number of carbonyl (C=O) groups is 3. The summed E-state index contributed by atoms with van der Waals surface area (Å²) in [5, 5.41) is 8.51. The van der Waals surface area contributed by atoms with Gasteiger partial charge in [0.25, 0.3) is 0 Å². The third-order valence-electron chi connectivity index (χ3n) is 5.94. The Hall–Kier alpha value is -4.13. The van der Waals surface area contributed by atoms with Crippen molar-refractivity contribution in [2.75, 3.05) is 23.8 Å². The minimum atomic E-state index is -0.757. The third kappa shape index (κ3) is 5.09. The van der Waals surface area contributed by atoms with Crippen LogP contribution in [0.2, 0.25) is 0 Å². The Morgan fingerprint density at radius 3 is 2.41 bits per heavy atom. The molecule has 1 heterocycles. The lowest BCUT2D eigenvalue weighted by Crippen LogP contribution is -2.49. The number of nitrogens with one attached hydrogen (secondary N) is 3. The van der Waals surface area contributed by atoms with Crippen LogP contribution in [0.4, 0.5) is 11.4 Å². The Morgan fingerprint density at radius 2 is 1.65 bits per heavy atom. The average Bonchev–Trinajstić information content (AvgIpc) is 3.31. The number of hydrogen-bond donors (Lipinski definition) is 3. The van der Waals surface area contributed by atoms with Gasteiger partial charge in [-0.05, 0) is 30.2 Å². The van der Waals surface area contributed by atoms with E-state index in [1.807, 2.05) is 78.9 Å². The van der Waals surface area contributed by atoms with E-state index in [1.54, 1.807) is 18.9 Å². The number of anilines is 2. The molecule has 3 aromatic carbocycles. The number of amides is 3. The van der Waals surface area contributed by atoms with Crippen LogP contribution in [-0.2, 0) is 20.8 Å². The summed E-state index contributed by atoms with van der Waals surface area (Å²) >= 11 is 0. The highest BCUT2D eigenvalue weighted by molar-refractivity contribution is 6.02. The SMILES string of the molecule is CC(NC(=O)CNC(=O)[C@@H]1Cc2ccccc2N1)C(=O)N(C)c1ccccc1-c1ccccc1. The average molecular weight is 457 g/mol. The second-order valence-corrected chi connectivity index (χ2v) is 8.35. The number of benzene rings is 3. The molecule has 0 saturated carbocycles. The Morgan fingerprint density at radius 1 is 0.971 bits per heavy atom. The molecule has 3 N–H and O–H groups in total. The Bertz CT molecular complexity index is 1170. The fourth-order valence-electron chi connectivity index (χ4n) is 4.14. The smallest absolute Gasteiger partial charge is 0.249 e. The van der Waals surface area contributed by atoms with Crippen LogP contribution in [-0.4, -0.2) is 43.4 Å². The molecule has 3 amide bonds. The molecule has 1 aliphatic rings. The van der Waals surface area contributed by atoms with Crippen LogP contribution in [0, 0.1) is 0 Å². The van der Waals surface area contributed by atoms with E-state index in [0.29, 0.717) is 6.42 Å². The van der Waals surface area contributed by atoms with Crippen molar-refractivity contribution in [3.8, 4) is 11.1 Å². The third-order valence-corrected chi connectivity index (χ3v) is 5.94. The van der Waals surface area contributed by atoms with Crippen LogP contribution in [0.15, 0.2) is 78.9 Å². The normalized spacial score (nSPS) is 14.9. The number of rotatable bonds is 7. The molecule has 0 spiro atoms. The van der Waals surface area contributed by atoms with Crippen molar-refractivity contribution >= 4 is 29.1 Å². The zero-order valence-electron chi connectivity index (χ0n) is 19.2. The van der Waals surface area contributed by atoms with E-state index < -0.39 is 18.0 Å². The van der Waals surface area contributed by atoms with Gasteiger partial charge in [0.2, 0.25) is 17.7 Å². The lowest BCUT2D eigenvalue weighted by Gasteiger charge is -2.24. The summed E-state index contributed by atoms with van der Waals surface area (Å²) in [7, 11) is 1.69. The van der Waals surface area contributed by atoms with Gasteiger partial charge >= 0.3 is 0 Å². The topological polar surface area (TPSA) is 90.5 Å². The highest BCUT2D eigenvalue weighted by Gasteiger charge is 2.27. The van der Waals surface area contributed by atoms with Gasteiger partial charge in [-0.15, -0.1) is 0 Å². The van der Waals surface area contributed by atoms with Gasteiger partial charge in [-0.25, -0.2) is 0 Å². The first-order valence-corrected chi connectivity index (χ1v) is 11.3. The molecule has 3 aromatic rings. The molecule has 0 fully saturated rings. The second kappa shape index (κ2) is 10.2. The van der Waals surface area contributed by atoms with E-state index in [-0.39, 0.29) is 18.4 Å². The molecule has 4 rings (SSSR count). The van der Waals surface area contributed by atoms with E-state index in [4.69, 9.17) is 0 Å². The minimum Gasteiger partial charge on any atom is -0.373 e. The monoisotopic (exact) mass is 456 g/mol. The van der Waals surface area contributed by atoms with Gasteiger partial charge in [0.05, 0.1) is 12.2 Å². The maximum Gasteiger partial charge on any atom is 0.249 e. The van der Waals surface area contributed by atoms with Crippen LogP contribution >= 0.6 is 0 Å². The quantitative estimate of drug-likeness (QED) is 0.510. The second-order valence-electron chi connectivity index (χ2n) is 8.35. The number of fused-ring (bicyclic) bond motifs is 1. The zero-order chi connectivity index (χ0) is 24.1. The standard InChI is InChI=1S/C27H28N4O3/c1-18(27(34)31(2)24-15-9-7-13-21(24)19-10-4-3-5-11-19)29-25(32)17-28-26(33)23-16-20-12-6-8-14-22(20)30-23/h3-15,18,23,30H,16-17H2,1-2H3,(H,28,33)(H,29,32)/t18?,23-/m0/s1. The molecule has 1 unspecified atom stereocenters. The highest BCUT2D eigenvalue weighted by atomic mass is 16.2. The summed E-state index contributed by atoms with van der Waals surface area (Å²) in [5.41, 5.74) is 4.69. The fourth-order valence-corrected chi connectivity index (χ4v) is 4.14. The summed E-state index contributed by atoms with van der Waals surface area (Å²) in [5.74, 6) is -0.926. The zero-order valence-corrected chi connectivity index (χ0v) is 19.2. The van der Waals surface area contributed by atoms with E-state index in [0.717, 1.165) is 28.1 Å². The van der Waals surface area contributed by atoms with Crippen LogP contribution < -0.4 is 20.9 Å². The molecule has 0 saturated heterocycles. The largest absolute Gasteiger partial charge is 0.373 e. The van der Waals surface area contributed by atoms with Gasteiger partial charge in [-0.3, -0.25) is 14.4 Å². The Labute approximate surface area is 199 Å². The Kier molecular flexibility index (Phi) is 6.92. The van der Waals surface area contributed by atoms with Crippen LogP contribution in [0.1, 0.15) is 12.5 Å². The molecule has 0 aliphatic carbocycles. The van der Waals surface area contributed by atoms with Crippen LogP contribution in [0.25, 0.3) is 11.1 Å². The summed E-state index contributed by atoms with van der Waals surface area (Å²) < 4.78 is 0. The van der Waals surface area contributed by atoms with Crippen LogP contribution in [0.5, 0.6) is 0 Å². The molecule has 34 heavy (non-hydrogen) atoms. The van der Waals surface area contributed by atoms with Crippen molar-refractivity contribution < 1.29 is 14.4 Å². The maximum absolute atomic E-state index is 13.0. The number of hydrogen-bond acceptors (Lipinski definition) is 4. The van der Waals surface area contributed by atoms with Gasteiger partial charge in [-0.1, -0.05) is 66.7 Å². The summed E-state index contributed by atoms with van der Waals surface area (Å²) in [4.78, 5) is 39.5. The molecular formula is C27H28N4O3. The number of para-hydroxylation sites is 2. The number of likely N-dealkylation sites (N-methyl/N-ethyl adjacent to an activating group) is 1. The van der Waals surface area contributed by atoms with Crippen molar-refractivity contribution in [2.24, 2.45) is 0 Å². The van der Waals surface area contributed by atoms with E-state index in [1.165, 1.54) is 0 Å². The molecule has 0 aromatic heterocycles.